The summed E-state index contributed by atoms with van der Waals surface area (Å²) >= 11 is 0. The summed E-state index contributed by atoms with van der Waals surface area (Å²) in [6.07, 6.45) is 6.38. The van der Waals surface area contributed by atoms with Gasteiger partial charge in [0.25, 0.3) is 0 Å². The molecule has 2 heterocycles. The normalized spacial score (nSPS) is 22.3. The molecule has 2 N–H and O–H groups in total. The third-order valence-corrected chi connectivity index (χ3v) is 5.21. The van der Waals surface area contributed by atoms with Crippen LogP contribution in [-0.2, 0) is 10.3 Å². The summed E-state index contributed by atoms with van der Waals surface area (Å²) in [5, 5.41) is 10.7. The van der Waals surface area contributed by atoms with Crippen LogP contribution in [0.1, 0.15) is 57.2 Å². The first-order valence-electron chi connectivity index (χ1n) is 8.44. The first-order chi connectivity index (χ1) is 10.6. The molecule has 3 rings (SSSR count). The van der Waals surface area contributed by atoms with E-state index in [1.807, 2.05) is 6.92 Å². The van der Waals surface area contributed by atoms with E-state index in [4.69, 9.17) is 4.52 Å². The minimum atomic E-state index is -0.448. The molecule has 0 aromatic carbocycles. The van der Waals surface area contributed by atoms with Gasteiger partial charge >= 0.3 is 0 Å². The van der Waals surface area contributed by atoms with Gasteiger partial charge in [0.1, 0.15) is 5.54 Å². The van der Waals surface area contributed by atoms with E-state index in [2.05, 4.69) is 20.8 Å². The monoisotopic (exact) mass is 342 g/mol. The number of aryl methyl sites for hydroxylation is 1. The Morgan fingerprint density at radius 2 is 1.96 bits per heavy atom. The van der Waals surface area contributed by atoms with E-state index in [9.17, 15) is 4.79 Å². The largest absolute Gasteiger partial charge is 0.343 e. The highest BCUT2D eigenvalue weighted by Gasteiger charge is 2.41. The van der Waals surface area contributed by atoms with Gasteiger partial charge in [-0.15, -0.1) is 12.4 Å². The van der Waals surface area contributed by atoms with Gasteiger partial charge < -0.3 is 15.2 Å². The first kappa shape index (κ1) is 18.2. The number of aromatic nitrogens is 2. The molecule has 0 spiro atoms. The molecule has 1 aliphatic heterocycles. The molecular formula is C16H27ClN4O2. The van der Waals surface area contributed by atoms with E-state index < -0.39 is 5.54 Å². The molecule has 1 saturated carbocycles. The summed E-state index contributed by atoms with van der Waals surface area (Å²) in [5.74, 6) is 1.79. The van der Waals surface area contributed by atoms with Crippen LogP contribution in [0.15, 0.2) is 4.52 Å². The van der Waals surface area contributed by atoms with Crippen molar-refractivity contribution in [1.82, 2.24) is 20.8 Å². The maximum atomic E-state index is 12.7. The SMILES string of the molecule is Cc1nc(C2(NC(=O)C(C)C3CNC3)CCCCCC2)no1.Cl. The molecule has 1 saturated heterocycles. The zero-order valence-electron chi connectivity index (χ0n) is 13.9. The fourth-order valence-electron chi connectivity index (χ4n) is 3.46. The van der Waals surface area contributed by atoms with Crippen molar-refractivity contribution in [2.75, 3.05) is 13.1 Å². The van der Waals surface area contributed by atoms with Crippen LogP contribution in [0, 0.1) is 18.8 Å². The van der Waals surface area contributed by atoms with Gasteiger partial charge in [0.2, 0.25) is 11.8 Å². The minimum Gasteiger partial charge on any atom is -0.343 e. The van der Waals surface area contributed by atoms with Gasteiger partial charge in [0.05, 0.1) is 0 Å². The number of halogens is 1. The lowest BCUT2D eigenvalue weighted by Crippen LogP contribution is -2.54. The lowest BCUT2D eigenvalue weighted by molar-refractivity contribution is -0.129. The number of nitrogens with zero attached hydrogens (tertiary/aromatic N) is 2. The number of rotatable bonds is 4. The van der Waals surface area contributed by atoms with Crippen LogP contribution in [0.25, 0.3) is 0 Å². The minimum absolute atomic E-state index is 0. The molecule has 1 aromatic rings. The second-order valence-corrected chi connectivity index (χ2v) is 6.83. The molecule has 0 bridgehead atoms. The smallest absolute Gasteiger partial charge is 0.224 e. The van der Waals surface area contributed by atoms with Gasteiger partial charge in [0.15, 0.2) is 5.82 Å². The van der Waals surface area contributed by atoms with Crippen molar-refractivity contribution in [1.29, 1.82) is 0 Å². The van der Waals surface area contributed by atoms with Crippen LogP contribution in [-0.4, -0.2) is 29.1 Å². The van der Waals surface area contributed by atoms with Gasteiger partial charge in [-0.05, 0) is 31.8 Å². The van der Waals surface area contributed by atoms with Crippen LogP contribution in [0.2, 0.25) is 0 Å². The van der Waals surface area contributed by atoms with Gasteiger partial charge in [-0.2, -0.15) is 4.98 Å². The zero-order valence-corrected chi connectivity index (χ0v) is 14.7. The van der Waals surface area contributed by atoms with Crippen LogP contribution < -0.4 is 10.6 Å². The van der Waals surface area contributed by atoms with Gasteiger partial charge in [0, 0.05) is 12.8 Å². The maximum Gasteiger partial charge on any atom is 0.224 e. The summed E-state index contributed by atoms with van der Waals surface area (Å²) in [6.45, 7) is 5.68. The number of hydrogen-bond donors (Lipinski definition) is 2. The molecule has 1 amide bonds. The number of carbonyl (C=O) groups excluding carboxylic acids is 1. The molecule has 2 fully saturated rings. The van der Waals surface area contributed by atoms with Crippen LogP contribution in [0.4, 0.5) is 0 Å². The Bertz CT molecular complexity index is 522. The molecule has 1 aliphatic carbocycles. The summed E-state index contributed by atoms with van der Waals surface area (Å²) < 4.78 is 5.18. The van der Waals surface area contributed by atoms with Crippen LogP contribution >= 0.6 is 12.4 Å². The summed E-state index contributed by atoms with van der Waals surface area (Å²) in [5.41, 5.74) is -0.448. The Morgan fingerprint density at radius 1 is 1.30 bits per heavy atom. The summed E-state index contributed by atoms with van der Waals surface area (Å²) in [4.78, 5) is 17.2. The molecule has 1 atom stereocenters. The Hall–Kier alpha value is -1.14. The molecule has 6 nitrogen and oxygen atoms in total. The maximum absolute atomic E-state index is 12.7. The van der Waals surface area contributed by atoms with Crippen molar-refractivity contribution in [3.63, 3.8) is 0 Å². The van der Waals surface area contributed by atoms with E-state index in [0.717, 1.165) is 38.8 Å². The van der Waals surface area contributed by atoms with Crippen LogP contribution in [0.5, 0.6) is 0 Å². The number of hydrogen-bond acceptors (Lipinski definition) is 5. The van der Waals surface area contributed by atoms with E-state index in [0.29, 0.717) is 17.6 Å². The fraction of sp³-hybridized carbons (Fsp3) is 0.812. The Morgan fingerprint density at radius 3 is 2.43 bits per heavy atom. The Balaban J connectivity index is 0.00000192. The third kappa shape index (κ3) is 3.86. The Labute approximate surface area is 143 Å². The average molecular weight is 343 g/mol. The highest BCUT2D eigenvalue weighted by Crippen LogP contribution is 2.35. The van der Waals surface area contributed by atoms with Crippen molar-refractivity contribution >= 4 is 18.3 Å². The second kappa shape index (κ2) is 7.62. The number of amides is 1. The summed E-state index contributed by atoms with van der Waals surface area (Å²) in [6, 6.07) is 0. The van der Waals surface area contributed by atoms with Gasteiger partial charge in [-0.1, -0.05) is 37.8 Å². The highest BCUT2D eigenvalue weighted by atomic mass is 35.5. The zero-order chi connectivity index (χ0) is 15.6. The summed E-state index contributed by atoms with van der Waals surface area (Å²) in [7, 11) is 0. The molecule has 2 aliphatic rings. The molecule has 7 heteroatoms. The van der Waals surface area contributed by atoms with E-state index in [1.54, 1.807) is 6.92 Å². The predicted molar refractivity (Wildman–Crippen MR) is 89.3 cm³/mol. The molecule has 1 aromatic heterocycles. The Kier molecular flexibility index (Phi) is 6.03. The van der Waals surface area contributed by atoms with E-state index in [1.165, 1.54) is 12.8 Å². The topological polar surface area (TPSA) is 80.0 Å². The standard InChI is InChI=1S/C16H26N4O2.ClH/c1-11(13-9-17-10-13)14(21)19-16(7-5-3-4-6-8-16)15-18-12(2)22-20-15;/h11,13,17H,3-10H2,1-2H3,(H,19,21);1H. The molecule has 0 radical (unpaired) electrons. The molecule has 1 unspecified atom stereocenters. The predicted octanol–water partition coefficient (Wildman–Crippen LogP) is 2.32. The first-order valence-corrected chi connectivity index (χ1v) is 8.44. The van der Waals surface area contributed by atoms with E-state index in [-0.39, 0.29) is 24.2 Å². The van der Waals surface area contributed by atoms with Crippen molar-refractivity contribution in [3.8, 4) is 0 Å². The van der Waals surface area contributed by atoms with Crippen molar-refractivity contribution in [3.05, 3.63) is 11.7 Å². The molecule has 130 valence electrons. The second-order valence-electron chi connectivity index (χ2n) is 6.83. The van der Waals surface area contributed by atoms with E-state index >= 15 is 0 Å². The van der Waals surface area contributed by atoms with Crippen molar-refractivity contribution in [2.24, 2.45) is 11.8 Å². The highest BCUT2D eigenvalue weighted by molar-refractivity contribution is 5.85. The van der Waals surface area contributed by atoms with Crippen molar-refractivity contribution in [2.45, 2.75) is 57.9 Å². The number of nitrogens with one attached hydrogen (secondary N) is 2. The average Bonchev–Trinajstić information content (AvgIpc) is 2.74. The third-order valence-electron chi connectivity index (χ3n) is 5.21. The van der Waals surface area contributed by atoms with Crippen LogP contribution in [0.3, 0.4) is 0 Å². The number of carbonyl (C=O) groups is 1. The molecular weight excluding hydrogens is 316 g/mol. The van der Waals surface area contributed by atoms with Gasteiger partial charge in [-0.3, -0.25) is 4.79 Å². The quantitative estimate of drug-likeness (QED) is 0.821. The van der Waals surface area contributed by atoms with Crippen molar-refractivity contribution < 1.29 is 9.32 Å². The van der Waals surface area contributed by atoms with Gasteiger partial charge in [-0.25, -0.2) is 0 Å². The fourth-order valence-corrected chi connectivity index (χ4v) is 3.46. The molecule has 23 heavy (non-hydrogen) atoms. The lowest BCUT2D eigenvalue weighted by Gasteiger charge is -2.36. The lowest BCUT2D eigenvalue weighted by atomic mass is 9.85.